The van der Waals surface area contributed by atoms with Gasteiger partial charge in [0.15, 0.2) is 5.96 Å². The van der Waals surface area contributed by atoms with E-state index in [1.54, 1.807) is 14.2 Å². The van der Waals surface area contributed by atoms with Crippen LogP contribution in [0.2, 0.25) is 0 Å². The Labute approximate surface area is 137 Å². The van der Waals surface area contributed by atoms with E-state index >= 15 is 0 Å². The van der Waals surface area contributed by atoms with E-state index in [0.29, 0.717) is 5.92 Å². The van der Waals surface area contributed by atoms with Crippen molar-refractivity contribution in [1.29, 1.82) is 0 Å². The van der Waals surface area contributed by atoms with Crippen molar-refractivity contribution >= 4 is 5.96 Å². The third kappa shape index (κ3) is 3.65. The van der Waals surface area contributed by atoms with Crippen LogP contribution in [0, 0.1) is 0 Å². The lowest BCUT2D eigenvalue weighted by Gasteiger charge is -2.30. The molecule has 4 nitrogen and oxygen atoms in total. The van der Waals surface area contributed by atoms with E-state index in [1.165, 1.54) is 16.7 Å². The molecule has 0 aromatic heterocycles. The average molecular weight is 309 g/mol. The number of benzene rings is 2. The third-order valence-electron chi connectivity index (χ3n) is 4.32. The second-order valence-corrected chi connectivity index (χ2v) is 5.75. The van der Waals surface area contributed by atoms with Gasteiger partial charge in [0, 0.05) is 26.1 Å². The normalized spacial score (nSPS) is 16.3. The lowest BCUT2D eigenvalue weighted by molar-refractivity contribution is 0.414. The molecule has 1 aliphatic rings. The highest BCUT2D eigenvalue weighted by Gasteiger charge is 2.25. The van der Waals surface area contributed by atoms with Crippen molar-refractivity contribution < 1.29 is 4.74 Å². The SMILES string of the molecule is CN=C(NCc1ccc(OC)cc1)NCC1Cc2ccccc21. The molecule has 0 heterocycles. The second-order valence-electron chi connectivity index (χ2n) is 5.75. The Hall–Kier alpha value is -2.49. The van der Waals surface area contributed by atoms with Crippen LogP contribution >= 0.6 is 0 Å². The van der Waals surface area contributed by atoms with Crippen molar-refractivity contribution in [3.63, 3.8) is 0 Å². The fourth-order valence-electron chi connectivity index (χ4n) is 2.91. The molecule has 23 heavy (non-hydrogen) atoms. The van der Waals surface area contributed by atoms with E-state index in [0.717, 1.165) is 31.2 Å². The summed E-state index contributed by atoms with van der Waals surface area (Å²) in [6.07, 6.45) is 1.15. The minimum Gasteiger partial charge on any atom is -0.497 e. The first-order chi connectivity index (χ1) is 11.3. The van der Waals surface area contributed by atoms with Gasteiger partial charge in [-0.2, -0.15) is 0 Å². The summed E-state index contributed by atoms with van der Waals surface area (Å²) in [5.74, 6) is 2.30. The van der Waals surface area contributed by atoms with Gasteiger partial charge >= 0.3 is 0 Å². The Morgan fingerprint density at radius 3 is 2.61 bits per heavy atom. The number of ether oxygens (including phenoxy) is 1. The molecule has 0 spiro atoms. The van der Waals surface area contributed by atoms with Gasteiger partial charge in [0.25, 0.3) is 0 Å². The van der Waals surface area contributed by atoms with E-state index in [2.05, 4.69) is 52.0 Å². The van der Waals surface area contributed by atoms with Gasteiger partial charge in [-0.15, -0.1) is 0 Å². The number of hydrogen-bond acceptors (Lipinski definition) is 2. The molecular formula is C19H23N3O. The van der Waals surface area contributed by atoms with Crippen molar-refractivity contribution in [2.75, 3.05) is 20.7 Å². The smallest absolute Gasteiger partial charge is 0.191 e. The Kier molecular flexibility index (Phi) is 4.81. The first-order valence-electron chi connectivity index (χ1n) is 7.95. The second kappa shape index (κ2) is 7.18. The third-order valence-corrected chi connectivity index (χ3v) is 4.32. The van der Waals surface area contributed by atoms with E-state index in [1.807, 2.05) is 12.1 Å². The highest BCUT2D eigenvalue weighted by molar-refractivity contribution is 5.79. The van der Waals surface area contributed by atoms with Crippen LogP contribution in [0.4, 0.5) is 0 Å². The van der Waals surface area contributed by atoms with Gasteiger partial charge < -0.3 is 15.4 Å². The zero-order valence-electron chi connectivity index (χ0n) is 13.7. The highest BCUT2D eigenvalue weighted by Crippen LogP contribution is 2.33. The van der Waals surface area contributed by atoms with Gasteiger partial charge in [0.1, 0.15) is 5.75 Å². The minimum atomic E-state index is 0.589. The summed E-state index contributed by atoms with van der Waals surface area (Å²) in [7, 11) is 3.48. The summed E-state index contributed by atoms with van der Waals surface area (Å²) >= 11 is 0. The Balaban J connectivity index is 1.47. The van der Waals surface area contributed by atoms with Crippen LogP contribution in [0.25, 0.3) is 0 Å². The molecule has 2 N–H and O–H groups in total. The molecule has 1 unspecified atom stereocenters. The first kappa shape index (κ1) is 15.4. The van der Waals surface area contributed by atoms with Gasteiger partial charge in [0.05, 0.1) is 7.11 Å². The fourth-order valence-corrected chi connectivity index (χ4v) is 2.91. The van der Waals surface area contributed by atoms with Gasteiger partial charge in [-0.1, -0.05) is 36.4 Å². The van der Waals surface area contributed by atoms with E-state index in [4.69, 9.17) is 4.74 Å². The number of guanidine groups is 1. The summed E-state index contributed by atoms with van der Waals surface area (Å²) in [6.45, 7) is 1.66. The van der Waals surface area contributed by atoms with Crippen molar-refractivity contribution in [2.45, 2.75) is 18.9 Å². The molecule has 2 aromatic carbocycles. The maximum absolute atomic E-state index is 5.17. The molecule has 0 saturated carbocycles. The topological polar surface area (TPSA) is 45.7 Å². The summed E-state index contributed by atoms with van der Waals surface area (Å²) < 4.78 is 5.17. The fraction of sp³-hybridized carbons (Fsp3) is 0.316. The van der Waals surface area contributed by atoms with Crippen LogP contribution in [0.1, 0.15) is 22.6 Å². The van der Waals surface area contributed by atoms with Crippen LogP contribution in [0.3, 0.4) is 0 Å². The summed E-state index contributed by atoms with van der Waals surface area (Å²) in [6, 6.07) is 16.7. The molecule has 0 saturated heterocycles. The number of nitrogens with zero attached hydrogens (tertiary/aromatic N) is 1. The van der Waals surface area contributed by atoms with Crippen LogP contribution in [-0.4, -0.2) is 26.7 Å². The predicted octanol–water partition coefficient (Wildman–Crippen LogP) is 2.70. The predicted molar refractivity (Wildman–Crippen MR) is 94.1 cm³/mol. The molecule has 1 atom stereocenters. The summed E-state index contributed by atoms with van der Waals surface area (Å²) in [5, 5.41) is 6.77. The average Bonchev–Trinajstić information content (AvgIpc) is 2.59. The number of nitrogens with one attached hydrogen (secondary N) is 2. The van der Waals surface area contributed by atoms with E-state index < -0.39 is 0 Å². The maximum atomic E-state index is 5.17. The molecule has 4 heteroatoms. The van der Waals surface area contributed by atoms with Crippen LogP contribution < -0.4 is 15.4 Å². The number of methoxy groups -OCH3 is 1. The van der Waals surface area contributed by atoms with E-state index in [-0.39, 0.29) is 0 Å². The van der Waals surface area contributed by atoms with Gasteiger partial charge in [-0.3, -0.25) is 4.99 Å². The Bertz CT molecular complexity index is 679. The molecular weight excluding hydrogens is 286 g/mol. The number of hydrogen-bond donors (Lipinski definition) is 2. The maximum Gasteiger partial charge on any atom is 0.191 e. The molecule has 0 bridgehead atoms. The van der Waals surface area contributed by atoms with Gasteiger partial charge in [-0.25, -0.2) is 0 Å². The number of rotatable bonds is 5. The lowest BCUT2D eigenvalue weighted by atomic mass is 9.78. The minimum absolute atomic E-state index is 0.589. The lowest BCUT2D eigenvalue weighted by Crippen LogP contribution is -2.40. The molecule has 2 aromatic rings. The standard InChI is InChI=1S/C19H23N3O/c1-20-19(21-12-14-7-9-17(23-2)10-8-14)22-13-16-11-15-5-3-4-6-18(15)16/h3-10,16H,11-13H2,1-2H3,(H2,20,21,22). The number of aliphatic imine (C=N–C) groups is 1. The van der Waals surface area contributed by atoms with E-state index in [9.17, 15) is 0 Å². The number of fused-ring (bicyclic) bond motifs is 1. The van der Waals surface area contributed by atoms with Crippen LogP contribution in [-0.2, 0) is 13.0 Å². The first-order valence-corrected chi connectivity index (χ1v) is 7.95. The van der Waals surface area contributed by atoms with Crippen LogP contribution in [0.15, 0.2) is 53.5 Å². The Morgan fingerprint density at radius 2 is 1.91 bits per heavy atom. The molecule has 0 fully saturated rings. The zero-order chi connectivity index (χ0) is 16.1. The highest BCUT2D eigenvalue weighted by atomic mass is 16.5. The quantitative estimate of drug-likeness (QED) is 0.659. The zero-order valence-corrected chi connectivity index (χ0v) is 13.7. The monoisotopic (exact) mass is 309 g/mol. The summed E-state index contributed by atoms with van der Waals surface area (Å²) in [4.78, 5) is 4.29. The van der Waals surface area contributed by atoms with Crippen molar-refractivity contribution in [3.05, 3.63) is 65.2 Å². The molecule has 0 amide bonds. The van der Waals surface area contributed by atoms with Gasteiger partial charge in [-0.05, 0) is 35.2 Å². The Morgan fingerprint density at radius 1 is 1.13 bits per heavy atom. The summed E-state index contributed by atoms with van der Waals surface area (Å²) in [5.41, 5.74) is 4.13. The van der Waals surface area contributed by atoms with Crippen molar-refractivity contribution in [1.82, 2.24) is 10.6 Å². The van der Waals surface area contributed by atoms with Crippen LogP contribution in [0.5, 0.6) is 5.75 Å². The molecule has 0 radical (unpaired) electrons. The van der Waals surface area contributed by atoms with Crippen molar-refractivity contribution in [3.8, 4) is 5.75 Å². The van der Waals surface area contributed by atoms with Gasteiger partial charge in [0.2, 0.25) is 0 Å². The molecule has 3 rings (SSSR count). The molecule has 120 valence electrons. The molecule has 1 aliphatic carbocycles. The molecule has 0 aliphatic heterocycles. The largest absolute Gasteiger partial charge is 0.497 e. The van der Waals surface area contributed by atoms with Crippen molar-refractivity contribution in [2.24, 2.45) is 4.99 Å².